The molecule has 0 amide bonds. The average Bonchev–Trinajstić information content (AvgIpc) is 3.74. The molecule has 0 spiro atoms. The van der Waals surface area contributed by atoms with Gasteiger partial charge in [0.2, 0.25) is 5.71 Å². The fourth-order valence-electron chi connectivity index (χ4n) is 6.79. The number of furan rings is 1. The normalized spacial score (nSPS) is 11.8. The molecule has 4 aromatic heterocycles. The van der Waals surface area contributed by atoms with Gasteiger partial charge in [0.05, 0.1) is 5.39 Å². The summed E-state index contributed by atoms with van der Waals surface area (Å²) in [6.45, 7) is 0. The Morgan fingerprint density at radius 2 is 1.17 bits per heavy atom. The molecule has 4 heterocycles. The third-order valence-corrected chi connectivity index (χ3v) is 10.1. The summed E-state index contributed by atoms with van der Waals surface area (Å²) in [5, 5.41) is 6.64. The van der Waals surface area contributed by atoms with Crippen LogP contribution in [-0.2, 0) is 0 Å². The first kappa shape index (κ1) is 26.9. The number of benzene rings is 6. The molecule has 0 aliphatic carbocycles. The highest BCUT2D eigenvalue weighted by molar-refractivity contribution is 7.25. The van der Waals surface area contributed by atoms with E-state index in [1.807, 2.05) is 53.8 Å². The summed E-state index contributed by atoms with van der Waals surface area (Å²) in [6.07, 6.45) is 1.77. The van der Waals surface area contributed by atoms with Crippen molar-refractivity contribution in [2.45, 2.75) is 0 Å². The van der Waals surface area contributed by atoms with E-state index in [9.17, 15) is 0 Å². The number of fused-ring (bicyclic) bond motifs is 7. The zero-order chi connectivity index (χ0) is 31.6. The first-order valence-corrected chi connectivity index (χ1v) is 16.6. The molecule has 10 aromatic rings. The molecular formula is C42H24N4OS. The Bertz CT molecular complexity index is 2860. The lowest BCUT2D eigenvalue weighted by molar-refractivity contribution is 0.655. The first-order chi connectivity index (χ1) is 23.8. The molecule has 0 saturated heterocycles. The van der Waals surface area contributed by atoms with Gasteiger partial charge in [0.15, 0.2) is 17.5 Å². The molecule has 0 aliphatic heterocycles. The molecule has 6 heteroatoms. The van der Waals surface area contributed by atoms with Crippen LogP contribution < -0.4 is 0 Å². The maximum absolute atomic E-state index is 6.64. The second-order valence-electron chi connectivity index (χ2n) is 11.8. The molecule has 224 valence electrons. The number of rotatable bonds is 4. The van der Waals surface area contributed by atoms with Crippen LogP contribution in [0.1, 0.15) is 0 Å². The molecular weight excluding hydrogens is 609 g/mol. The van der Waals surface area contributed by atoms with Crippen molar-refractivity contribution >= 4 is 64.4 Å². The predicted molar refractivity (Wildman–Crippen MR) is 197 cm³/mol. The molecule has 0 unspecified atom stereocenters. The minimum absolute atomic E-state index is 0.547. The summed E-state index contributed by atoms with van der Waals surface area (Å²) in [7, 11) is 0. The zero-order valence-corrected chi connectivity index (χ0v) is 26.3. The van der Waals surface area contributed by atoms with E-state index in [4.69, 9.17) is 24.4 Å². The molecule has 0 atom stereocenters. The van der Waals surface area contributed by atoms with Crippen LogP contribution in [0.2, 0.25) is 0 Å². The van der Waals surface area contributed by atoms with Crippen LogP contribution in [0.25, 0.3) is 98.3 Å². The summed E-state index contributed by atoms with van der Waals surface area (Å²) >= 11 is 1.81. The van der Waals surface area contributed by atoms with Gasteiger partial charge in [-0.2, -0.15) is 0 Å². The van der Waals surface area contributed by atoms with Gasteiger partial charge in [0.1, 0.15) is 5.58 Å². The van der Waals surface area contributed by atoms with Crippen LogP contribution in [0, 0.1) is 0 Å². The molecule has 48 heavy (non-hydrogen) atoms. The average molecular weight is 633 g/mol. The Labute approximate surface area is 278 Å². The fourth-order valence-corrected chi connectivity index (χ4v) is 7.92. The Kier molecular flexibility index (Phi) is 5.98. The van der Waals surface area contributed by atoms with Gasteiger partial charge < -0.3 is 4.42 Å². The second kappa shape index (κ2) is 10.7. The van der Waals surface area contributed by atoms with E-state index in [0.29, 0.717) is 23.2 Å². The Balaban J connectivity index is 1.22. The monoisotopic (exact) mass is 632 g/mol. The van der Waals surface area contributed by atoms with Gasteiger partial charge in [-0.25, -0.2) is 19.9 Å². The van der Waals surface area contributed by atoms with Gasteiger partial charge in [-0.3, -0.25) is 0 Å². The van der Waals surface area contributed by atoms with Gasteiger partial charge in [0, 0.05) is 54.0 Å². The Morgan fingerprint density at radius 3 is 2.08 bits per heavy atom. The highest BCUT2D eigenvalue weighted by Crippen LogP contribution is 2.44. The van der Waals surface area contributed by atoms with Crippen LogP contribution in [0.3, 0.4) is 0 Å². The minimum Gasteiger partial charge on any atom is -0.437 e. The zero-order valence-electron chi connectivity index (χ0n) is 25.5. The number of aromatic nitrogens is 4. The van der Waals surface area contributed by atoms with Crippen molar-refractivity contribution in [2.24, 2.45) is 0 Å². The number of hydrogen-bond acceptors (Lipinski definition) is 6. The lowest BCUT2D eigenvalue weighted by Gasteiger charge is -2.10. The highest BCUT2D eigenvalue weighted by atomic mass is 32.1. The Morgan fingerprint density at radius 1 is 0.458 bits per heavy atom. The van der Waals surface area contributed by atoms with Crippen LogP contribution >= 0.6 is 11.3 Å². The summed E-state index contributed by atoms with van der Waals surface area (Å²) in [5.74, 6) is 1.79. The van der Waals surface area contributed by atoms with Gasteiger partial charge in [0.25, 0.3) is 0 Å². The van der Waals surface area contributed by atoms with Gasteiger partial charge in [-0.05, 0) is 40.6 Å². The van der Waals surface area contributed by atoms with E-state index in [0.717, 1.165) is 49.6 Å². The van der Waals surface area contributed by atoms with Crippen LogP contribution in [0.4, 0.5) is 0 Å². The van der Waals surface area contributed by atoms with Crippen LogP contribution in [-0.4, -0.2) is 19.9 Å². The quantitative estimate of drug-likeness (QED) is 0.193. The van der Waals surface area contributed by atoms with Crippen molar-refractivity contribution < 1.29 is 4.42 Å². The maximum atomic E-state index is 6.64. The highest BCUT2D eigenvalue weighted by Gasteiger charge is 2.21. The molecule has 0 N–H and O–H groups in total. The van der Waals surface area contributed by atoms with E-state index >= 15 is 0 Å². The van der Waals surface area contributed by atoms with E-state index in [2.05, 4.69) is 97.1 Å². The van der Waals surface area contributed by atoms with E-state index < -0.39 is 0 Å². The number of pyridine rings is 1. The van der Waals surface area contributed by atoms with E-state index in [1.165, 1.54) is 25.6 Å². The van der Waals surface area contributed by atoms with Gasteiger partial charge >= 0.3 is 0 Å². The minimum atomic E-state index is 0.547. The number of nitrogens with zero attached hydrogens (tertiary/aromatic N) is 4. The van der Waals surface area contributed by atoms with Crippen molar-refractivity contribution in [3.63, 3.8) is 0 Å². The van der Waals surface area contributed by atoms with Crippen molar-refractivity contribution in [3.05, 3.63) is 146 Å². The van der Waals surface area contributed by atoms with E-state index in [-0.39, 0.29) is 0 Å². The standard InChI is InChI=1S/C42H24N4OS/c1-2-11-26(12-3-1)39-44-40(28-21-20-25-10-4-5-13-27(25)24-28)46-41(45-39)33-22-23-43-42-37(33)32-17-8-16-30(38(32)47-42)29-15-9-19-35-36(29)31-14-6-7-18-34(31)48-35/h1-24H. The second-order valence-corrected chi connectivity index (χ2v) is 12.9. The third kappa shape index (κ3) is 4.24. The predicted octanol–water partition coefficient (Wildman–Crippen LogP) is 11.4. The Hall–Kier alpha value is -6.24. The lowest BCUT2D eigenvalue weighted by Crippen LogP contribution is -2.00. The van der Waals surface area contributed by atoms with Gasteiger partial charge in [-0.15, -0.1) is 11.3 Å². The van der Waals surface area contributed by atoms with Crippen molar-refractivity contribution in [1.82, 2.24) is 19.9 Å². The largest absolute Gasteiger partial charge is 0.437 e. The lowest BCUT2D eigenvalue weighted by atomic mass is 9.97. The molecule has 6 aromatic carbocycles. The van der Waals surface area contributed by atoms with E-state index in [1.54, 1.807) is 6.20 Å². The summed E-state index contributed by atoms with van der Waals surface area (Å²) < 4.78 is 9.16. The third-order valence-electron chi connectivity index (χ3n) is 9.01. The van der Waals surface area contributed by atoms with Crippen LogP contribution in [0.5, 0.6) is 0 Å². The number of hydrogen-bond donors (Lipinski definition) is 0. The smallest absolute Gasteiger partial charge is 0.228 e. The molecule has 0 radical (unpaired) electrons. The molecule has 0 fully saturated rings. The SMILES string of the molecule is c1ccc(-c2nc(-c3ccc4ccccc4c3)nc(-c3ccnc4oc5c(-c6cccc7sc8ccccc8c67)cccc5c34)n2)cc1. The summed E-state index contributed by atoms with van der Waals surface area (Å²) in [5.41, 5.74) is 6.20. The summed E-state index contributed by atoms with van der Waals surface area (Å²) in [4.78, 5) is 19.8. The van der Waals surface area contributed by atoms with Crippen LogP contribution in [0.15, 0.2) is 150 Å². The maximum Gasteiger partial charge on any atom is 0.228 e. The molecule has 10 rings (SSSR count). The topological polar surface area (TPSA) is 64.7 Å². The fraction of sp³-hybridized carbons (Fsp3) is 0. The number of para-hydroxylation sites is 1. The molecule has 0 saturated carbocycles. The van der Waals surface area contributed by atoms with Gasteiger partial charge in [-0.1, -0.05) is 115 Å². The molecule has 5 nitrogen and oxygen atoms in total. The first-order valence-electron chi connectivity index (χ1n) is 15.8. The van der Waals surface area contributed by atoms with Crippen molar-refractivity contribution in [3.8, 4) is 45.3 Å². The summed E-state index contributed by atoms with van der Waals surface area (Å²) in [6, 6.07) is 48.1. The molecule has 0 bridgehead atoms. The van der Waals surface area contributed by atoms with Crippen molar-refractivity contribution in [1.29, 1.82) is 0 Å². The molecule has 0 aliphatic rings. The number of thiophene rings is 1. The van der Waals surface area contributed by atoms with Crippen molar-refractivity contribution in [2.75, 3.05) is 0 Å².